The van der Waals surface area contributed by atoms with E-state index in [0.29, 0.717) is 52.1 Å². The number of methoxy groups -OCH3 is 1. The Morgan fingerprint density at radius 2 is 2.03 bits per heavy atom. The number of anilines is 1. The first-order chi connectivity index (χ1) is 16.2. The van der Waals surface area contributed by atoms with Crippen LogP contribution in [0.1, 0.15) is 5.56 Å². The zero-order valence-corrected chi connectivity index (χ0v) is 20.3. The third-order valence-corrected chi connectivity index (χ3v) is 6.56. The van der Waals surface area contributed by atoms with Gasteiger partial charge >= 0.3 is 0 Å². The molecule has 0 unspecified atom stereocenters. The van der Waals surface area contributed by atoms with Gasteiger partial charge in [-0.1, -0.05) is 29.8 Å². The van der Waals surface area contributed by atoms with Crippen LogP contribution in [0.2, 0.25) is 10.0 Å². The number of aromatic nitrogens is 3. The van der Waals surface area contributed by atoms with Crippen molar-refractivity contribution in [1.82, 2.24) is 19.9 Å². The molecule has 9 nitrogen and oxygen atoms in total. The maximum absolute atomic E-state index is 13.3. The molecular weight excluding hydrogens is 481 g/mol. The largest absolute Gasteiger partial charge is 0.495 e. The molecule has 1 aromatic carbocycles. The van der Waals surface area contributed by atoms with Crippen LogP contribution in [-0.2, 0) is 16.6 Å². The number of nitrogens with one attached hydrogen (secondary N) is 2. The molecule has 3 aromatic rings. The molecule has 178 valence electrons. The van der Waals surface area contributed by atoms with Crippen molar-refractivity contribution < 1.29 is 14.3 Å². The molecule has 2 aromatic heterocycles. The summed E-state index contributed by atoms with van der Waals surface area (Å²) in [5, 5.41) is 7.23. The fourth-order valence-corrected chi connectivity index (χ4v) is 4.49. The molecule has 0 bridgehead atoms. The smallest absolute Gasteiger partial charge is 0.259 e. The zero-order valence-electron chi connectivity index (χ0n) is 18.8. The van der Waals surface area contributed by atoms with Crippen molar-refractivity contribution in [2.75, 3.05) is 25.6 Å². The fourth-order valence-electron chi connectivity index (χ4n) is 3.87. The summed E-state index contributed by atoms with van der Waals surface area (Å²) in [4.78, 5) is 33.9. The lowest BCUT2D eigenvalue weighted by atomic mass is 10.0. The van der Waals surface area contributed by atoms with Crippen LogP contribution in [0.4, 0.5) is 5.95 Å². The van der Waals surface area contributed by atoms with E-state index in [1.54, 1.807) is 25.4 Å². The van der Waals surface area contributed by atoms with Gasteiger partial charge in [-0.2, -0.15) is 4.98 Å². The number of hydrogen-bond donors (Lipinski definition) is 2. The summed E-state index contributed by atoms with van der Waals surface area (Å²) in [6.07, 6.45) is 2.81. The lowest BCUT2D eigenvalue weighted by molar-refractivity contribution is -0.117. The highest BCUT2D eigenvalue weighted by molar-refractivity contribution is 6.40. The van der Waals surface area contributed by atoms with E-state index in [9.17, 15) is 9.59 Å². The van der Waals surface area contributed by atoms with Gasteiger partial charge in [-0.15, -0.1) is 0 Å². The maximum Gasteiger partial charge on any atom is 0.259 e. The number of amides is 1. The molecule has 1 aliphatic heterocycles. The van der Waals surface area contributed by atoms with Crippen molar-refractivity contribution in [2.24, 2.45) is 7.05 Å². The van der Waals surface area contributed by atoms with E-state index in [0.717, 1.165) is 5.56 Å². The minimum absolute atomic E-state index is 0.241. The fraction of sp³-hybridized carbons (Fsp3) is 0.304. The first kappa shape index (κ1) is 24.0. The van der Waals surface area contributed by atoms with Gasteiger partial charge in [0.15, 0.2) is 0 Å². The van der Waals surface area contributed by atoms with Crippen LogP contribution in [-0.4, -0.2) is 52.8 Å². The molecule has 0 spiro atoms. The quantitative estimate of drug-likeness (QED) is 0.497. The molecule has 1 aliphatic rings. The molecule has 0 saturated carbocycles. The predicted octanol–water partition coefficient (Wildman–Crippen LogP) is 3.10. The van der Waals surface area contributed by atoms with Crippen molar-refractivity contribution in [2.45, 2.75) is 19.0 Å². The topological polar surface area (TPSA) is 107 Å². The van der Waals surface area contributed by atoms with E-state index in [1.807, 2.05) is 6.92 Å². The summed E-state index contributed by atoms with van der Waals surface area (Å²) < 4.78 is 12.2. The summed E-state index contributed by atoms with van der Waals surface area (Å²) in [6, 6.07) is 2.88. The van der Waals surface area contributed by atoms with Crippen molar-refractivity contribution in [1.29, 1.82) is 0 Å². The number of hydrogen-bond acceptors (Lipinski definition) is 7. The average Bonchev–Trinajstić information content (AvgIpc) is 3.25. The van der Waals surface area contributed by atoms with E-state index < -0.39 is 0 Å². The molecule has 11 heteroatoms. The van der Waals surface area contributed by atoms with Crippen LogP contribution in [0.15, 0.2) is 35.8 Å². The summed E-state index contributed by atoms with van der Waals surface area (Å²) in [5.74, 6) is 0.437. The first-order valence-corrected chi connectivity index (χ1v) is 11.2. The zero-order chi connectivity index (χ0) is 24.6. The summed E-state index contributed by atoms with van der Waals surface area (Å²) in [5.41, 5.74) is 1.53. The Balaban J connectivity index is 1.74. The minimum atomic E-state index is -0.325. The summed E-state index contributed by atoms with van der Waals surface area (Å²) in [7, 11) is 3.12. The lowest BCUT2D eigenvalue weighted by Crippen LogP contribution is -2.45. The number of aryl methyl sites for hydroxylation is 2. The number of carbonyl (C=O) groups is 1. The summed E-state index contributed by atoms with van der Waals surface area (Å²) in [6.45, 7) is 6.00. The normalized spacial score (nSPS) is 17.6. The summed E-state index contributed by atoms with van der Waals surface area (Å²) >= 11 is 13.1. The van der Waals surface area contributed by atoms with E-state index >= 15 is 0 Å². The van der Waals surface area contributed by atoms with Gasteiger partial charge in [-0.3, -0.25) is 14.2 Å². The first-order valence-electron chi connectivity index (χ1n) is 10.4. The van der Waals surface area contributed by atoms with E-state index in [-0.39, 0.29) is 28.6 Å². The molecule has 0 radical (unpaired) electrons. The molecule has 2 N–H and O–H groups in total. The second-order valence-corrected chi connectivity index (χ2v) is 8.66. The van der Waals surface area contributed by atoms with Crippen molar-refractivity contribution in [3.8, 4) is 16.9 Å². The van der Waals surface area contributed by atoms with Crippen LogP contribution >= 0.6 is 23.2 Å². The number of carbonyl (C=O) groups excluding carboxylic acids is 1. The molecule has 1 saturated heterocycles. The monoisotopic (exact) mass is 503 g/mol. The van der Waals surface area contributed by atoms with Gasteiger partial charge in [0.2, 0.25) is 11.9 Å². The minimum Gasteiger partial charge on any atom is -0.495 e. The standard InChI is InChI=1S/C23H23Cl2N5O4/c1-5-17(31)27-14-9-34-10-15(14)28-23-26-8-12-7-13(22(32)30(3)21(12)29-23)18-19(24)11(2)6-16(33-4)20(18)25/h5-8,14-15H,1,9-10H2,2-4H3,(H,27,31)(H,26,28,29)/t14-,15+/m0/s1. The highest BCUT2D eigenvalue weighted by atomic mass is 35.5. The Labute approximate surface area is 205 Å². The van der Waals surface area contributed by atoms with E-state index in [4.69, 9.17) is 32.7 Å². The van der Waals surface area contributed by atoms with Crippen LogP contribution < -0.4 is 20.9 Å². The SMILES string of the molecule is C=CC(=O)N[C@H]1COC[C@H]1Nc1ncc2cc(-c3c(Cl)c(C)cc(OC)c3Cl)c(=O)n(C)c2n1. The van der Waals surface area contributed by atoms with Crippen molar-refractivity contribution >= 4 is 46.1 Å². The van der Waals surface area contributed by atoms with Gasteiger partial charge < -0.3 is 20.1 Å². The van der Waals surface area contributed by atoms with E-state index in [2.05, 4.69) is 27.2 Å². The number of benzene rings is 1. The Kier molecular flexibility index (Phi) is 6.79. The molecule has 3 heterocycles. The number of fused-ring (bicyclic) bond motifs is 1. The number of halogens is 2. The van der Waals surface area contributed by atoms with Gasteiger partial charge in [0.05, 0.1) is 48.0 Å². The van der Waals surface area contributed by atoms with Gasteiger partial charge in [-0.25, -0.2) is 4.98 Å². The van der Waals surface area contributed by atoms with Crippen LogP contribution in [0.25, 0.3) is 22.2 Å². The molecule has 1 fully saturated rings. The molecule has 0 aliphatic carbocycles. The van der Waals surface area contributed by atoms with Crippen LogP contribution in [0.3, 0.4) is 0 Å². The van der Waals surface area contributed by atoms with Crippen molar-refractivity contribution in [3.63, 3.8) is 0 Å². The number of rotatable bonds is 6. The number of ether oxygens (including phenoxy) is 2. The second kappa shape index (κ2) is 9.61. The van der Waals surface area contributed by atoms with Gasteiger partial charge in [-0.05, 0) is 30.7 Å². The predicted molar refractivity (Wildman–Crippen MR) is 132 cm³/mol. The van der Waals surface area contributed by atoms with Gasteiger partial charge in [0, 0.05) is 24.2 Å². The second-order valence-electron chi connectivity index (χ2n) is 7.90. The third kappa shape index (κ3) is 4.34. The Morgan fingerprint density at radius 1 is 1.29 bits per heavy atom. The average molecular weight is 504 g/mol. The molecule has 1 amide bonds. The molecule has 2 atom stereocenters. The van der Waals surface area contributed by atoms with Crippen molar-refractivity contribution in [3.05, 3.63) is 56.9 Å². The molecule has 34 heavy (non-hydrogen) atoms. The maximum atomic E-state index is 13.3. The Bertz CT molecular complexity index is 1360. The van der Waals surface area contributed by atoms with Crippen LogP contribution in [0.5, 0.6) is 5.75 Å². The highest BCUT2D eigenvalue weighted by Gasteiger charge is 2.30. The van der Waals surface area contributed by atoms with Gasteiger partial charge in [0.1, 0.15) is 11.4 Å². The van der Waals surface area contributed by atoms with Crippen LogP contribution in [0, 0.1) is 6.92 Å². The number of nitrogens with zero attached hydrogens (tertiary/aromatic N) is 3. The Hall–Kier alpha value is -3.14. The van der Waals surface area contributed by atoms with E-state index in [1.165, 1.54) is 17.8 Å². The number of pyridine rings is 1. The molecular formula is C23H23Cl2N5O4. The third-order valence-electron chi connectivity index (χ3n) is 5.69. The molecule has 4 rings (SSSR count). The lowest BCUT2D eigenvalue weighted by Gasteiger charge is -2.20. The van der Waals surface area contributed by atoms with Gasteiger partial charge in [0.25, 0.3) is 5.56 Å². The Morgan fingerprint density at radius 3 is 2.74 bits per heavy atom. The highest BCUT2D eigenvalue weighted by Crippen LogP contribution is 2.41.